The first kappa shape index (κ1) is 69.3. The van der Waals surface area contributed by atoms with E-state index in [0.717, 1.165) is 64.2 Å². The van der Waals surface area contributed by atoms with Crippen LogP contribution in [0.25, 0.3) is 0 Å². The monoisotopic (exact) mass is 1000 g/mol. The highest BCUT2D eigenvalue weighted by Crippen LogP contribution is 2.16. The molecular formula is C67H120O5. The van der Waals surface area contributed by atoms with Crippen molar-refractivity contribution in [2.24, 2.45) is 0 Å². The maximum atomic E-state index is 12.9. The summed E-state index contributed by atoms with van der Waals surface area (Å²) in [6, 6.07) is 0. The van der Waals surface area contributed by atoms with Gasteiger partial charge in [0.25, 0.3) is 0 Å². The minimum atomic E-state index is -0.546. The molecule has 0 aliphatic heterocycles. The van der Waals surface area contributed by atoms with E-state index in [1.165, 1.54) is 218 Å². The summed E-state index contributed by atoms with van der Waals surface area (Å²) in [5.74, 6) is -0.396. The molecule has 0 saturated carbocycles. The van der Waals surface area contributed by atoms with Crippen molar-refractivity contribution in [2.45, 2.75) is 322 Å². The van der Waals surface area contributed by atoms with Gasteiger partial charge in [0, 0.05) is 19.4 Å². The topological polar surface area (TPSA) is 61.8 Å². The second kappa shape index (κ2) is 62.6. The summed E-state index contributed by atoms with van der Waals surface area (Å²) in [5.41, 5.74) is 0. The summed E-state index contributed by atoms with van der Waals surface area (Å²) in [5, 5.41) is 0. The van der Waals surface area contributed by atoms with E-state index in [0.29, 0.717) is 19.4 Å². The molecule has 0 saturated heterocycles. The first-order valence-electron chi connectivity index (χ1n) is 31.5. The molecule has 5 heteroatoms. The molecule has 1 unspecified atom stereocenters. The van der Waals surface area contributed by atoms with Gasteiger partial charge in [0.15, 0.2) is 6.10 Å². The van der Waals surface area contributed by atoms with Gasteiger partial charge >= 0.3 is 11.9 Å². The third-order valence-corrected chi connectivity index (χ3v) is 13.7. The molecule has 0 spiro atoms. The number of ether oxygens (including phenoxy) is 3. The number of hydrogen-bond acceptors (Lipinski definition) is 5. The number of carbonyl (C=O) groups excluding carboxylic acids is 2. The van der Waals surface area contributed by atoms with Crippen molar-refractivity contribution in [3.05, 3.63) is 72.9 Å². The van der Waals surface area contributed by atoms with Crippen LogP contribution >= 0.6 is 0 Å². The SMILES string of the molecule is CC/C=C\C/C=C\C/C=C\CCCCCCCCCCOCC(COC(=O)CCCCCCCCCCC/C=C\C/C=C\CCCCC)OC(=O)CCCCCCCCCCC/C=C\CCCCCCCC. The number of hydrogen-bond donors (Lipinski definition) is 0. The summed E-state index contributed by atoms with van der Waals surface area (Å²) in [4.78, 5) is 25.6. The highest BCUT2D eigenvalue weighted by Gasteiger charge is 2.17. The van der Waals surface area contributed by atoms with Crippen molar-refractivity contribution in [3.63, 3.8) is 0 Å². The molecule has 0 aromatic rings. The molecule has 418 valence electrons. The molecule has 0 radical (unpaired) electrons. The second-order valence-corrected chi connectivity index (χ2v) is 20.9. The quantitative estimate of drug-likeness (QED) is 0.0345. The summed E-state index contributed by atoms with van der Waals surface area (Å²) in [7, 11) is 0. The number of unbranched alkanes of at least 4 members (excludes halogenated alkanes) is 35. The molecule has 0 amide bonds. The van der Waals surface area contributed by atoms with Crippen LogP contribution in [0.2, 0.25) is 0 Å². The molecule has 0 aliphatic rings. The van der Waals surface area contributed by atoms with E-state index in [-0.39, 0.29) is 25.2 Å². The lowest BCUT2D eigenvalue weighted by atomic mass is 10.1. The Labute approximate surface area is 448 Å². The van der Waals surface area contributed by atoms with E-state index in [4.69, 9.17) is 14.2 Å². The lowest BCUT2D eigenvalue weighted by molar-refractivity contribution is -0.163. The normalized spacial score (nSPS) is 12.7. The summed E-state index contributed by atoms with van der Waals surface area (Å²) < 4.78 is 17.5. The average Bonchev–Trinajstić information content (AvgIpc) is 3.38. The molecule has 0 aliphatic carbocycles. The first-order chi connectivity index (χ1) is 35.6. The van der Waals surface area contributed by atoms with Crippen LogP contribution in [-0.2, 0) is 23.8 Å². The van der Waals surface area contributed by atoms with Gasteiger partial charge in [0.05, 0.1) is 6.61 Å². The summed E-state index contributed by atoms with van der Waals surface area (Å²) >= 11 is 0. The van der Waals surface area contributed by atoms with Gasteiger partial charge in [-0.3, -0.25) is 9.59 Å². The van der Waals surface area contributed by atoms with Gasteiger partial charge in [-0.2, -0.15) is 0 Å². The van der Waals surface area contributed by atoms with E-state index in [1.54, 1.807) is 0 Å². The van der Waals surface area contributed by atoms with E-state index in [2.05, 4.69) is 93.7 Å². The van der Waals surface area contributed by atoms with Gasteiger partial charge < -0.3 is 14.2 Å². The number of rotatable bonds is 58. The minimum absolute atomic E-state index is 0.0792. The Kier molecular flexibility index (Phi) is 60.3. The predicted octanol–water partition coefficient (Wildman–Crippen LogP) is 21.8. The minimum Gasteiger partial charge on any atom is -0.462 e. The molecule has 0 heterocycles. The highest BCUT2D eigenvalue weighted by atomic mass is 16.6. The predicted molar refractivity (Wildman–Crippen MR) is 316 cm³/mol. The Morgan fingerprint density at radius 1 is 0.319 bits per heavy atom. The Morgan fingerprint density at radius 2 is 0.625 bits per heavy atom. The summed E-state index contributed by atoms with van der Waals surface area (Å²) in [6.07, 6.45) is 82.2. The largest absolute Gasteiger partial charge is 0.462 e. The molecule has 0 N–H and O–H groups in total. The van der Waals surface area contributed by atoms with E-state index in [9.17, 15) is 9.59 Å². The molecule has 0 aromatic carbocycles. The van der Waals surface area contributed by atoms with Crippen molar-refractivity contribution in [1.82, 2.24) is 0 Å². The van der Waals surface area contributed by atoms with Gasteiger partial charge in [0.2, 0.25) is 0 Å². The lowest BCUT2D eigenvalue weighted by Gasteiger charge is -2.18. The Hall–Kier alpha value is -2.66. The van der Waals surface area contributed by atoms with Crippen LogP contribution in [0.5, 0.6) is 0 Å². The molecule has 0 fully saturated rings. The van der Waals surface area contributed by atoms with Crippen molar-refractivity contribution in [1.29, 1.82) is 0 Å². The molecule has 0 aromatic heterocycles. The molecule has 0 bridgehead atoms. The second-order valence-electron chi connectivity index (χ2n) is 20.9. The van der Waals surface area contributed by atoms with Crippen LogP contribution in [-0.4, -0.2) is 37.9 Å². The van der Waals surface area contributed by atoms with E-state index < -0.39 is 6.10 Å². The van der Waals surface area contributed by atoms with Crippen LogP contribution in [0.15, 0.2) is 72.9 Å². The lowest BCUT2D eigenvalue weighted by Crippen LogP contribution is -2.30. The first-order valence-corrected chi connectivity index (χ1v) is 31.5. The highest BCUT2D eigenvalue weighted by molar-refractivity contribution is 5.70. The molecule has 1 atom stereocenters. The van der Waals surface area contributed by atoms with E-state index in [1.807, 2.05) is 0 Å². The van der Waals surface area contributed by atoms with Crippen molar-refractivity contribution < 1.29 is 23.8 Å². The fourth-order valence-corrected chi connectivity index (χ4v) is 9.02. The Morgan fingerprint density at radius 3 is 1.04 bits per heavy atom. The van der Waals surface area contributed by atoms with Crippen molar-refractivity contribution in [2.75, 3.05) is 19.8 Å². The smallest absolute Gasteiger partial charge is 0.306 e. The molecular weight excluding hydrogens is 885 g/mol. The Bertz CT molecular complexity index is 1270. The third kappa shape index (κ3) is 59.9. The maximum Gasteiger partial charge on any atom is 0.306 e. The fourth-order valence-electron chi connectivity index (χ4n) is 9.02. The Balaban J connectivity index is 4.28. The van der Waals surface area contributed by atoms with Gasteiger partial charge in [-0.25, -0.2) is 0 Å². The van der Waals surface area contributed by atoms with Crippen molar-refractivity contribution in [3.8, 4) is 0 Å². The van der Waals surface area contributed by atoms with Gasteiger partial charge in [-0.05, 0) is 109 Å². The fraction of sp³-hybridized carbons (Fsp3) is 0.791. The van der Waals surface area contributed by atoms with Crippen LogP contribution in [0.4, 0.5) is 0 Å². The van der Waals surface area contributed by atoms with Crippen LogP contribution in [0.3, 0.4) is 0 Å². The van der Waals surface area contributed by atoms with Gasteiger partial charge in [0.1, 0.15) is 6.61 Å². The molecule has 72 heavy (non-hydrogen) atoms. The number of esters is 2. The maximum absolute atomic E-state index is 12.9. The van der Waals surface area contributed by atoms with Crippen molar-refractivity contribution >= 4 is 11.9 Å². The zero-order chi connectivity index (χ0) is 52.0. The summed E-state index contributed by atoms with van der Waals surface area (Å²) in [6.45, 7) is 7.71. The zero-order valence-electron chi connectivity index (χ0n) is 48.2. The van der Waals surface area contributed by atoms with Gasteiger partial charge in [-0.15, -0.1) is 0 Å². The third-order valence-electron chi connectivity index (χ3n) is 13.7. The van der Waals surface area contributed by atoms with Gasteiger partial charge in [-0.1, -0.05) is 267 Å². The number of carbonyl (C=O) groups is 2. The van der Waals surface area contributed by atoms with E-state index >= 15 is 0 Å². The number of allylic oxidation sites excluding steroid dienone is 12. The average molecular weight is 1010 g/mol. The van der Waals surface area contributed by atoms with Crippen LogP contribution in [0.1, 0.15) is 316 Å². The van der Waals surface area contributed by atoms with Crippen LogP contribution in [0, 0.1) is 0 Å². The molecule has 5 nitrogen and oxygen atoms in total. The zero-order valence-corrected chi connectivity index (χ0v) is 48.2. The standard InChI is InChI=1S/C67H120O5/c1-4-7-10-13-16-19-22-25-28-31-34-36-39-42-45-48-51-54-57-60-66(68)71-64-65(63-70-62-59-56-53-50-47-44-41-38-33-30-27-24-21-18-15-12-9-6-3)72-67(69)61-58-55-52-49-46-43-40-37-35-32-29-26-23-20-17-14-11-8-5-2/h9,12,16,18-19,21,25-30,65H,4-8,10-11,13-15,17,20,22-24,31-64H2,1-3H3/b12-9-,19-16-,21-18-,28-25-,29-26-,30-27-. The molecule has 0 rings (SSSR count). The van der Waals surface area contributed by atoms with Crippen LogP contribution < -0.4 is 0 Å².